The Morgan fingerprint density at radius 3 is 2.88 bits per heavy atom. The van der Waals surface area contributed by atoms with Crippen molar-refractivity contribution in [1.82, 2.24) is 0 Å². The van der Waals surface area contributed by atoms with Gasteiger partial charge in [-0.3, -0.25) is 0 Å². The van der Waals surface area contributed by atoms with Crippen molar-refractivity contribution in [3.05, 3.63) is 40.1 Å². The van der Waals surface area contributed by atoms with Crippen LogP contribution in [0.25, 0.3) is 0 Å². The molecule has 0 heterocycles. The van der Waals surface area contributed by atoms with Gasteiger partial charge in [-0.05, 0) is 25.1 Å². The zero-order valence-electron chi connectivity index (χ0n) is 8.63. The standard InChI is InChI=1S/C11H11BrFNO2/c1-7(11(15)16)4-5-14-10-3-2-8(12)6-9(10)13/h2-4,6,14H,5H2,1H3,(H,15,16)/b7-4-. The summed E-state index contributed by atoms with van der Waals surface area (Å²) in [6.45, 7) is 1.76. The van der Waals surface area contributed by atoms with Gasteiger partial charge in [0.05, 0.1) is 5.69 Å². The van der Waals surface area contributed by atoms with Crippen molar-refractivity contribution in [2.45, 2.75) is 6.92 Å². The maximum absolute atomic E-state index is 13.3. The van der Waals surface area contributed by atoms with E-state index in [1.165, 1.54) is 19.1 Å². The van der Waals surface area contributed by atoms with Crippen LogP contribution < -0.4 is 5.32 Å². The van der Waals surface area contributed by atoms with E-state index in [4.69, 9.17) is 5.11 Å². The van der Waals surface area contributed by atoms with Gasteiger partial charge in [0.2, 0.25) is 0 Å². The number of carboxylic acid groups (broad SMARTS) is 1. The number of anilines is 1. The molecule has 0 aliphatic heterocycles. The normalized spacial score (nSPS) is 11.3. The molecule has 1 aromatic carbocycles. The molecule has 0 unspecified atom stereocenters. The first kappa shape index (κ1) is 12.7. The topological polar surface area (TPSA) is 49.3 Å². The lowest BCUT2D eigenvalue weighted by Gasteiger charge is -2.05. The summed E-state index contributed by atoms with van der Waals surface area (Å²) in [7, 11) is 0. The molecule has 0 atom stereocenters. The number of aliphatic carboxylic acids is 1. The molecule has 0 radical (unpaired) electrons. The third kappa shape index (κ3) is 3.66. The fourth-order valence-corrected chi connectivity index (χ4v) is 1.37. The summed E-state index contributed by atoms with van der Waals surface area (Å²) < 4.78 is 14.0. The molecule has 1 rings (SSSR count). The summed E-state index contributed by atoms with van der Waals surface area (Å²) in [5, 5.41) is 11.4. The second-order valence-electron chi connectivity index (χ2n) is 3.20. The number of hydrogen-bond donors (Lipinski definition) is 2. The van der Waals surface area contributed by atoms with Crippen LogP contribution in [0.5, 0.6) is 0 Å². The van der Waals surface area contributed by atoms with Crippen molar-refractivity contribution < 1.29 is 14.3 Å². The zero-order chi connectivity index (χ0) is 12.1. The Labute approximate surface area is 101 Å². The van der Waals surface area contributed by atoms with E-state index in [2.05, 4.69) is 21.2 Å². The van der Waals surface area contributed by atoms with Gasteiger partial charge in [0.25, 0.3) is 0 Å². The largest absolute Gasteiger partial charge is 0.478 e. The van der Waals surface area contributed by atoms with Gasteiger partial charge in [-0.1, -0.05) is 22.0 Å². The molecular weight excluding hydrogens is 277 g/mol. The maximum Gasteiger partial charge on any atom is 0.331 e. The Kier molecular flexibility index (Phi) is 4.49. The van der Waals surface area contributed by atoms with Gasteiger partial charge in [0.15, 0.2) is 0 Å². The molecule has 3 nitrogen and oxygen atoms in total. The quantitative estimate of drug-likeness (QED) is 0.837. The minimum atomic E-state index is -0.974. The third-order valence-corrected chi connectivity index (χ3v) is 2.46. The summed E-state index contributed by atoms with van der Waals surface area (Å²) in [5.41, 5.74) is 0.572. The highest BCUT2D eigenvalue weighted by Crippen LogP contribution is 2.19. The van der Waals surface area contributed by atoms with Crippen LogP contribution in [0.3, 0.4) is 0 Å². The minimum Gasteiger partial charge on any atom is -0.478 e. The van der Waals surface area contributed by atoms with Crippen molar-refractivity contribution in [2.24, 2.45) is 0 Å². The van der Waals surface area contributed by atoms with Crippen LogP contribution in [0, 0.1) is 5.82 Å². The molecule has 16 heavy (non-hydrogen) atoms. The first-order valence-corrected chi connectivity index (χ1v) is 5.39. The molecule has 0 aliphatic rings. The number of hydrogen-bond acceptors (Lipinski definition) is 2. The summed E-state index contributed by atoms with van der Waals surface area (Å²) in [4.78, 5) is 10.5. The van der Waals surface area contributed by atoms with Gasteiger partial charge in [-0.15, -0.1) is 0 Å². The lowest BCUT2D eigenvalue weighted by Crippen LogP contribution is -2.04. The molecule has 0 fully saturated rings. The number of carbonyl (C=O) groups is 1. The average molecular weight is 288 g/mol. The van der Waals surface area contributed by atoms with Gasteiger partial charge in [0.1, 0.15) is 5.82 Å². The molecule has 1 aromatic rings. The van der Waals surface area contributed by atoms with E-state index in [0.717, 1.165) is 0 Å². The molecular formula is C11H11BrFNO2. The van der Waals surface area contributed by atoms with Crippen LogP contribution in [0.1, 0.15) is 6.92 Å². The highest BCUT2D eigenvalue weighted by Gasteiger charge is 2.02. The number of carboxylic acids is 1. The minimum absolute atomic E-state index is 0.227. The molecule has 0 saturated heterocycles. The predicted octanol–water partition coefficient (Wildman–Crippen LogP) is 3.03. The third-order valence-electron chi connectivity index (χ3n) is 1.97. The Morgan fingerprint density at radius 2 is 2.31 bits per heavy atom. The summed E-state index contributed by atoms with van der Waals surface area (Å²) in [6.07, 6.45) is 1.49. The molecule has 0 bridgehead atoms. The summed E-state index contributed by atoms with van der Waals surface area (Å²) in [6, 6.07) is 4.64. The van der Waals surface area contributed by atoms with E-state index in [1.54, 1.807) is 12.1 Å². The highest BCUT2D eigenvalue weighted by atomic mass is 79.9. The van der Waals surface area contributed by atoms with Gasteiger partial charge in [-0.25, -0.2) is 9.18 Å². The Bertz CT molecular complexity index is 432. The van der Waals surface area contributed by atoms with Gasteiger partial charge in [0, 0.05) is 16.6 Å². The fraction of sp³-hybridized carbons (Fsp3) is 0.182. The molecule has 0 spiro atoms. The molecule has 0 saturated carbocycles. The van der Waals surface area contributed by atoms with E-state index in [0.29, 0.717) is 10.2 Å². The Hall–Kier alpha value is -1.36. The molecule has 2 N–H and O–H groups in total. The van der Waals surface area contributed by atoms with E-state index >= 15 is 0 Å². The monoisotopic (exact) mass is 287 g/mol. The summed E-state index contributed by atoms with van der Waals surface area (Å²) in [5.74, 6) is -1.35. The van der Waals surface area contributed by atoms with Crippen molar-refractivity contribution in [2.75, 3.05) is 11.9 Å². The molecule has 0 aromatic heterocycles. The number of rotatable bonds is 4. The highest BCUT2D eigenvalue weighted by molar-refractivity contribution is 9.10. The molecule has 0 aliphatic carbocycles. The Balaban J connectivity index is 2.62. The SMILES string of the molecule is C/C(=C/CNc1ccc(Br)cc1F)C(=O)O. The molecule has 0 amide bonds. The van der Waals surface area contributed by atoms with Gasteiger partial charge < -0.3 is 10.4 Å². The van der Waals surface area contributed by atoms with Crippen LogP contribution in [0.4, 0.5) is 10.1 Å². The van der Waals surface area contributed by atoms with Crippen molar-refractivity contribution >= 4 is 27.6 Å². The lowest BCUT2D eigenvalue weighted by atomic mass is 10.2. The van der Waals surface area contributed by atoms with Crippen molar-refractivity contribution in [3.8, 4) is 0 Å². The van der Waals surface area contributed by atoms with E-state index < -0.39 is 5.97 Å². The van der Waals surface area contributed by atoms with E-state index in [9.17, 15) is 9.18 Å². The van der Waals surface area contributed by atoms with E-state index in [1.807, 2.05) is 0 Å². The second-order valence-corrected chi connectivity index (χ2v) is 4.11. The number of nitrogens with one attached hydrogen (secondary N) is 1. The zero-order valence-corrected chi connectivity index (χ0v) is 10.2. The van der Waals surface area contributed by atoms with Crippen LogP contribution in [0.2, 0.25) is 0 Å². The summed E-state index contributed by atoms with van der Waals surface area (Å²) >= 11 is 3.15. The maximum atomic E-state index is 13.3. The number of benzene rings is 1. The van der Waals surface area contributed by atoms with Crippen LogP contribution >= 0.6 is 15.9 Å². The Morgan fingerprint density at radius 1 is 1.62 bits per heavy atom. The van der Waals surface area contributed by atoms with Crippen molar-refractivity contribution in [3.63, 3.8) is 0 Å². The first-order chi connectivity index (χ1) is 7.50. The number of halogens is 2. The van der Waals surface area contributed by atoms with Crippen molar-refractivity contribution in [1.29, 1.82) is 0 Å². The van der Waals surface area contributed by atoms with Gasteiger partial charge >= 0.3 is 5.97 Å². The molecule has 86 valence electrons. The smallest absolute Gasteiger partial charge is 0.331 e. The van der Waals surface area contributed by atoms with E-state index in [-0.39, 0.29) is 17.9 Å². The molecule has 5 heteroatoms. The van der Waals surface area contributed by atoms with Crippen LogP contribution in [-0.4, -0.2) is 17.6 Å². The second kappa shape index (κ2) is 5.65. The van der Waals surface area contributed by atoms with Gasteiger partial charge in [-0.2, -0.15) is 0 Å². The predicted molar refractivity (Wildman–Crippen MR) is 64.0 cm³/mol. The van der Waals surface area contributed by atoms with Crippen LogP contribution in [-0.2, 0) is 4.79 Å². The van der Waals surface area contributed by atoms with Crippen LogP contribution in [0.15, 0.2) is 34.3 Å². The average Bonchev–Trinajstić information content (AvgIpc) is 2.20. The lowest BCUT2D eigenvalue weighted by molar-refractivity contribution is -0.132. The first-order valence-electron chi connectivity index (χ1n) is 4.59. The fourth-order valence-electron chi connectivity index (χ4n) is 1.03.